The Balaban J connectivity index is 2.05. The molecule has 0 bridgehead atoms. The first-order valence-electron chi connectivity index (χ1n) is 9.26. The highest BCUT2D eigenvalue weighted by Crippen LogP contribution is 2.00. The summed E-state index contributed by atoms with van der Waals surface area (Å²) < 4.78 is 10.7. The summed E-state index contributed by atoms with van der Waals surface area (Å²) in [6, 6.07) is 0. The van der Waals surface area contributed by atoms with E-state index in [0.29, 0.717) is 0 Å². The van der Waals surface area contributed by atoms with Crippen molar-refractivity contribution in [3.05, 3.63) is 0 Å². The third-order valence-electron chi connectivity index (χ3n) is 3.81. The van der Waals surface area contributed by atoms with Crippen molar-refractivity contribution in [2.24, 2.45) is 4.99 Å². The van der Waals surface area contributed by atoms with E-state index in [0.717, 1.165) is 84.4 Å². The van der Waals surface area contributed by atoms with Crippen molar-refractivity contribution in [3.8, 4) is 0 Å². The van der Waals surface area contributed by atoms with E-state index in [4.69, 9.17) is 9.47 Å². The first-order valence-corrected chi connectivity index (χ1v) is 9.26. The Hall–Kier alpha value is -0.850. The predicted octanol–water partition coefficient (Wildman–Crippen LogP) is 1.47. The lowest BCUT2D eigenvalue weighted by Gasteiger charge is -2.26. The van der Waals surface area contributed by atoms with Gasteiger partial charge in [0.25, 0.3) is 0 Å². The average molecular weight is 329 g/mol. The maximum atomic E-state index is 5.37. The molecule has 0 aliphatic carbocycles. The van der Waals surface area contributed by atoms with Crippen molar-refractivity contribution < 1.29 is 9.47 Å². The van der Waals surface area contributed by atoms with Crippen LogP contribution in [0.1, 0.15) is 39.5 Å². The van der Waals surface area contributed by atoms with Gasteiger partial charge in [0.2, 0.25) is 0 Å². The fraction of sp³-hybridized carbons (Fsp3) is 0.941. The van der Waals surface area contributed by atoms with E-state index in [1.165, 1.54) is 13.0 Å². The molecule has 23 heavy (non-hydrogen) atoms. The highest BCUT2D eigenvalue weighted by molar-refractivity contribution is 5.79. The van der Waals surface area contributed by atoms with Gasteiger partial charge in [-0.1, -0.05) is 0 Å². The minimum absolute atomic E-state index is 0.808. The highest BCUT2D eigenvalue weighted by atomic mass is 16.5. The first-order chi connectivity index (χ1) is 11.4. The summed E-state index contributed by atoms with van der Waals surface area (Å²) in [6.07, 6.45) is 4.55. The van der Waals surface area contributed by atoms with E-state index in [-0.39, 0.29) is 0 Å². The average Bonchev–Trinajstić information content (AvgIpc) is 2.58. The molecule has 136 valence electrons. The third kappa shape index (κ3) is 11.3. The van der Waals surface area contributed by atoms with E-state index in [2.05, 4.69) is 27.4 Å². The second kappa shape index (κ2) is 14.7. The molecule has 1 aliphatic heterocycles. The number of ether oxygens (including phenoxy) is 2. The van der Waals surface area contributed by atoms with Gasteiger partial charge >= 0.3 is 0 Å². The van der Waals surface area contributed by atoms with Crippen LogP contribution in [0.15, 0.2) is 4.99 Å². The molecular formula is C17H36N4O2. The van der Waals surface area contributed by atoms with Crippen molar-refractivity contribution in [1.29, 1.82) is 0 Å². The number of guanidine groups is 1. The lowest BCUT2D eigenvalue weighted by molar-refractivity contribution is 0.0373. The minimum Gasteiger partial charge on any atom is -0.382 e. The number of hydrogen-bond donors (Lipinski definition) is 2. The van der Waals surface area contributed by atoms with Gasteiger partial charge in [-0.05, 0) is 46.1 Å². The number of rotatable bonds is 12. The van der Waals surface area contributed by atoms with Crippen LogP contribution in [0.3, 0.4) is 0 Å². The summed E-state index contributed by atoms with van der Waals surface area (Å²) in [5.41, 5.74) is 0. The number of aliphatic imine (C=N–C) groups is 1. The summed E-state index contributed by atoms with van der Waals surface area (Å²) in [5.74, 6) is 0.940. The van der Waals surface area contributed by atoms with Gasteiger partial charge in [0.15, 0.2) is 5.96 Å². The molecule has 1 aliphatic rings. The van der Waals surface area contributed by atoms with Crippen LogP contribution < -0.4 is 10.6 Å². The van der Waals surface area contributed by atoms with E-state index in [1.807, 2.05) is 6.92 Å². The normalized spacial score (nSPS) is 16.5. The Morgan fingerprint density at radius 2 is 1.91 bits per heavy atom. The summed E-state index contributed by atoms with van der Waals surface area (Å²) in [5, 5.41) is 6.70. The van der Waals surface area contributed by atoms with Crippen LogP contribution in [0.4, 0.5) is 0 Å². The number of hydrogen-bond acceptors (Lipinski definition) is 4. The fourth-order valence-corrected chi connectivity index (χ4v) is 2.48. The second-order valence-electron chi connectivity index (χ2n) is 5.75. The summed E-state index contributed by atoms with van der Waals surface area (Å²) >= 11 is 0. The highest BCUT2D eigenvalue weighted by Gasteiger charge is 2.08. The van der Waals surface area contributed by atoms with E-state index >= 15 is 0 Å². The summed E-state index contributed by atoms with van der Waals surface area (Å²) in [6.45, 7) is 13.6. The van der Waals surface area contributed by atoms with Crippen molar-refractivity contribution >= 4 is 5.96 Å². The minimum atomic E-state index is 0.808. The zero-order chi connectivity index (χ0) is 16.6. The molecular weight excluding hydrogens is 292 g/mol. The molecule has 0 saturated carbocycles. The van der Waals surface area contributed by atoms with Crippen molar-refractivity contribution in [1.82, 2.24) is 15.5 Å². The Morgan fingerprint density at radius 1 is 1.09 bits per heavy atom. The molecule has 0 atom stereocenters. The Labute approximate surface area is 142 Å². The molecule has 1 fully saturated rings. The maximum Gasteiger partial charge on any atom is 0.191 e. The Bertz CT molecular complexity index is 294. The molecule has 6 heteroatoms. The Morgan fingerprint density at radius 3 is 2.65 bits per heavy atom. The van der Waals surface area contributed by atoms with Crippen molar-refractivity contribution in [2.75, 3.05) is 65.7 Å². The quantitative estimate of drug-likeness (QED) is 0.323. The van der Waals surface area contributed by atoms with Gasteiger partial charge in [0, 0.05) is 45.9 Å². The van der Waals surface area contributed by atoms with Crippen molar-refractivity contribution in [3.63, 3.8) is 0 Å². The predicted molar refractivity (Wildman–Crippen MR) is 96.2 cm³/mol. The van der Waals surface area contributed by atoms with Crippen LogP contribution >= 0.6 is 0 Å². The molecule has 6 nitrogen and oxygen atoms in total. The zero-order valence-electron chi connectivity index (χ0n) is 15.1. The fourth-order valence-electron chi connectivity index (χ4n) is 2.48. The molecule has 1 heterocycles. The SMILES string of the molecule is CCNC(=NCCCCN1CCOCC1)NCCCCOCC. The van der Waals surface area contributed by atoms with Gasteiger partial charge in [-0.3, -0.25) is 9.89 Å². The number of unbranched alkanes of at least 4 members (excludes halogenated alkanes) is 2. The van der Waals surface area contributed by atoms with E-state index in [1.54, 1.807) is 0 Å². The lowest BCUT2D eigenvalue weighted by Crippen LogP contribution is -2.38. The first kappa shape index (κ1) is 20.2. The molecule has 1 rings (SSSR count). The molecule has 0 aromatic heterocycles. The van der Waals surface area contributed by atoms with Gasteiger partial charge in [0.1, 0.15) is 0 Å². The summed E-state index contributed by atoms with van der Waals surface area (Å²) in [7, 11) is 0. The maximum absolute atomic E-state index is 5.37. The van der Waals surface area contributed by atoms with Crippen LogP contribution in [0.25, 0.3) is 0 Å². The number of nitrogens with one attached hydrogen (secondary N) is 2. The lowest BCUT2D eigenvalue weighted by atomic mass is 10.3. The number of morpholine rings is 1. The monoisotopic (exact) mass is 328 g/mol. The molecule has 2 N–H and O–H groups in total. The standard InChI is InChI=1S/C17H36N4O2/c1-3-18-17(20-10-6-8-14-22-4-2)19-9-5-7-11-21-12-15-23-16-13-21/h3-16H2,1-2H3,(H2,18,19,20). The molecule has 0 aromatic rings. The number of nitrogens with zero attached hydrogens (tertiary/aromatic N) is 2. The molecule has 0 unspecified atom stereocenters. The third-order valence-corrected chi connectivity index (χ3v) is 3.81. The smallest absolute Gasteiger partial charge is 0.191 e. The van der Waals surface area contributed by atoms with Crippen LogP contribution in [-0.2, 0) is 9.47 Å². The van der Waals surface area contributed by atoms with Crippen LogP contribution in [0, 0.1) is 0 Å². The molecule has 0 spiro atoms. The van der Waals surface area contributed by atoms with Crippen molar-refractivity contribution in [2.45, 2.75) is 39.5 Å². The van der Waals surface area contributed by atoms with Gasteiger partial charge in [0.05, 0.1) is 13.2 Å². The second-order valence-corrected chi connectivity index (χ2v) is 5.75. The Kier molecular flexibility index (Phi) is 12.9. The topological polar surface area (TPSA) is 58.1 Å². The van der Waals surface area contributed by atoms with Crippen LogP contribution in [0.2, 0.25) is 0 Å². The molecule has 0 amide bonds. The zero-order valence-corrected chi connectivity index (χ0v) is 15.1. The molecule has 0 aromatic carbocycles. The van der Waals surface area contributed by atoms with Gasteiger partial charge < -0.3 is 20.1 Å². The van der Waals surface area contributed by atoms with Gasteiger partial charge in [-0.2, -0.15) is 0 Å². The van der Waals surface area contributed by atoms with Crippen LogP contribution in [0.5, 0.6) is 0 Å². The molecule has 1 saturated heterocycles. The van der Waals surface area contributed by atoms with Gasteiger partial charge in [-0.25, -0.2) is 0 Å². The largest absolute Gasteiger partial charge is 0.382 e. The summed E-state index contributed by atoms with van der Waals surface area (Å²) in [4.78, 5) is 7.13. The van der Waals surface area contributed by atoms with E-state index in [9.17, 15) is 0 Å². The van der Waals surface area contributed by atoms with Crippen LogP contribution in [-0.4, -0.2) is 76.6 Å². The van der Waals surface area contributed by atoms with E-state index < -0.39 is 0 Å². The molecule has 0 radical (unpaired) electrons. The van der Waals surface area contributed by atoms with Gasteiger partial charge in [-0.15, -0.1) is 0 Å².